The van der Waals surface area contributed by atoms with Gasteiger partial charge in [0.15, 0.2) is 0 Å². The summed E-state index contributed by atoms with van der Waals surface area (Å²) in [6.07, 6.45) is -0.195. The van der Waals surface area contributed by atoms with Crippen LogP contribution in [0.25, 0.3) is 0 Å². The molecule has 100 valence electrons. The molecule has 0 radical (unpaired) electrons. The van der Waals surface area contributed by atoms with Crippen LogP contribution < -0.4 is 5.32 Å². The lowest BCUT2D eigenvalue weighted by Crippen LogP contribution is -2.33. The molecule has 0 atom stereocenters. The van der Waals surface area contributed by atoms with E-state index in [-0.39, 0.29) is 24.2 Å². The molecule has 0 spiro atoms. The summed E-state index contributed by atoms with van der Waals surface area (Å²) in [4.78, 5) is 23.1. The van der Waals surface area contributed by atoms with Crippen molar-refractivity contribution in [1.82, 2.24) is 4.90 Å². The van der Waals surface area contributed by atoms with Crippen LogP contribution in [0.15, 0.2) is 18.2 Å². The van der Waals surface area contributed by atoms with Gasteiger partial charge < -0.3 is 15.3 Å². The summed E-state index contributed by atoms with van der Waals surface area (Å²) in [7, 11) is 1.40. The fourth-order valence-electron chi connectivity index (χ4n) is 1.26. The van der Waals surface area contributed by atoms with Gasteiger partial charge in [-0.25, -0.2) is 9.18 Å². The average Bonchev–Trinajstić information content (AvgIpc) is 2.37. The Bertz CT molecular complexity index is 540. The number of anilines is 1. The standard InChI is InChI=1S/C12H12FN3O3/c1-16(5-4-11(17)18)12(19)15-10-3-2-8(7-14)6-9(10)13/h2-3,6H,4-5H2,1H3,(H,15,19)(H,17,18). The molecule has 1 aromatic rings. The van der Waals surface area contributed by atoms with Crippen LogP contribution in [0.3, 0.4) is 0 Å². The maximum Gasteiger partial charge on any atom is 0.321 e. The molecule has 1 rings (SSSR count). The maximum atomic E-state index is 13.5. The molecule has 6 nitrogen and oxygen atoms in total. The number of carboxylic acids is 1. The fraction of sp³-hybridized carbons (Fsp3) is 0.250. The molecule has 0 fully saturated rings. The lowest BCUT2D eigenvalue weighted by Gasteiger charge is -2.17. The summed E-state index contributed by atoms with van der Waals surface area (Å²) < 4.78 is 13.5. The zero-order valence-corrected chi connectivity index (χ0v) is 10.2. The number of urea groups is 1. The van der Waals surface area contributed by atoms with E-state index in [9.17, 15) is 14.0 Å². The van der Waals surface area contributed by atoms with Crippen molar-refractivity contribution in [3.05, 3.63) is 29.6 Å². The number of carbonyl (C=O) groups is 2. The molecule has 0 aliphatic heterocycles. The first kappa shape index (κ1) is 14.4. The fourth-order valence-corrected chi connectivity index (χ4v) is 1.26. The van der Waals surface area contributed by atoms with Crippen LogP contribution >= 0.6 is 0 Å². The minimum atomic E-state index is -1.02. The van der Waals surface area contributed by atoms with Gasteiger partial charge in [-0.15, -0.1) is 0 Å². The number of benzene rings is 1. The van der Waals surface area contributed by atoms with E-state index in [2.05, 4.69) is 5.32 Å². The molecule has 2 N–H and O–H groups in total. The molecule has 19 heavy (non-hydrogen) atoms. The predicted octanol–water partition coefficient (Wildman–Crippen LogP) is 1.64. The van der Waals surface area contributed by atoms with Crippen molar-refractivity contribution in [2.75, 3.05) is 18.9 Å². The van der Waals surface area contributed by atoms with Gasteiger partial charge in [0.25, 0.3) is 0 Å². The van der Waals surface area contributed by atoms with Gasteiger partial charge in [0.05, 0.1) is 23.7 Å². The quantitative estimate of drug-likeness (QED) is 0.865. The van der Waals surface area contributed by atoms with Crippen LogP contribution in [0, 0.1) is 17.1 Å². The third-order valence-electron chi connectivity index (χ3n) is 2.35. The largest absolute Gasteiger partial charge is 0.481 e. The Labute approximate surface area is 109 Å². The SMILES string of the molecule is CN(CCC(=O)O)C(=O)Nc1ccc(C#N)cc1F. The minimum absolute atomic E-state index is 0.0130. The molecule has 0 heterocycles. The highest BCUT2D eigenvalue weighted by molar-refractivity contribution is 5.89. The molecule has 7 heteroatoms. The van der Waals surface area contributed by atoms with Crippen LogP contribution in [-0.4, -0.2) is 35.6 Å². The van der Waals surface area contributed by atoms with E-state index in [1.807, 2.05) is 0 Å². The Morgan fingerprint density at radius 3 is 2.74 bits per heavy atom. The van der Waals surface area contributed by atoms with Crippen LogP contribution in [0.2, 0.25) is 0 Å². The van der Waals surface area contributed by atoms with Crippen molar-refractivity contribution < 1.29 is 19.1 Å². The van der Waals surface area contributed by atoms with Gasteiger partial charge in [-0.2, -0.15) is 5.26 Å². The van der Waals surface area contributed by atoms with E-state index in [0.717, 1.165) is 11.0 Å². The van der Waals surface area contributed by atoms with Crippen molar-refractivity contribution in [1.29, 1.82) is 5.26 Å². The number of hydrogen-bond acceptors (Lipinski definition) is 3. The van der Waals surface area contributed by atoms with E-state index in [0.29, 0.717) is 0 Å². The molecular formula is C12H12FN3O3. The molecule has 0 saturated carbocycles. The van der Waals surface area contributed by atoms with Crippen molar-refractivity contribution in [2.45, 2.75) is 6.42 Å². The number of hydrogen-bond donors (Lipinski definition) is 2. The summed E-state index contributed by atoms with van der Waals surface area (Å²) >= 11 is 0. The number of carboxylic acid groups (broad SMARTS) is 1. The van der Waals surface area contributed by atoms with Gasteiger partial charge in [0.1, 0.15) is 5.82 Å². The Balaban J connectivity index is 2.66. The minimum Gasteiger partial charge on any atom is -0.481 e. The molecule has 0 aliphatic carbocycles. The molecule has 0 unspecified atom stereocenters. The first-order chi connectivity index (χ1) is 8.93. The average molecular weight is 265 g/mol. The summed E-state index contributed by atoms with van der Waals surface area (Å²) in [6, 6.07) is 4.81. The number of aliphatic carboxylic acids is 1. The number of halogens is 1. The second kappa shape index (κ2) is 6.35. The summed E-state index contributed by atoms with van der Waals surface area (Å²) in [5.74, 6) is -1.75. The third kappa shape index (κ3) is 4.27. The van der Waals surface area contributed by atoms with Crippen molar-refractivity contribution in [3.63, 3.8) is 0 Å². The van der Waals surface area contributed by atoms with E-state index >= 15 is 0 Å². The highest BCUT2D eigenvalue weighted by Crippen LogP contribution is 2.15. The number of carbonyl (C=O) groups excluding carboxylic acids is 1. The molecule has 2 amide bonds. The summed E-state index contributed by atoms with van der Waals surface area (Å²) in [6.45, 7) is 0.0130. The number of nitrogens with one attached hydrogen (secondary N) is 1. The Hall–Kier alpha value is -2.62. The predicted molar refractivity (Wildman–Crippen MR) is 65.0 cm³/mol. The highest BCUT2D eigenvalue weighted by atomic mass is 19.1. The van der Waals surface area contributed by atoms with Crippen molar-refractivity contribution in [2.24, 2.45) is 0 Å². The van der Waals surface area contributed by atoms with E-state index in [1.54, 1.807) is 6.07 Å². The van der Waals surface area contributed by atoms with Gasteiger partial charge in [-0.3, -0.25) is 4.79 Å². The molecule has 0 saturated heterocycles. The van der Waals surface area contributed by atoms with Gasteiger partial charge in [0, 0.05) is 13.6 Å². The van der Waals surface area contributed by atoms with Gasteiger partial charge in [-0.1, -0.05) is 0 Å². The van der Waals surface area contributed by atoms with Crippen LogP contribution in [0.4, 0.5) is 14.9 Å². The zero-order valence-electron chi connectivity index (χ0n) is 10.2. The van der Waals surface area contributed by atoms with Crippen molar-refractivity contribution in [3.8, 4) is 6.07 Å². The smallest absolute Gasteiger partial charge is 0.321 e. The second-order valence-corrected chi connectivity index (χ2v) is 3.80. The first-order valence-electron chi connectivity index (χ1n) is 5.37. The number of nitriles is 1. The normalized spacial score (nSPS) is 9.53. The van der Waals surface area contributed by atoms with Crippen LogP contribution in [0.1, 0.15) is 12.0 Å². The first-order valence-corrected chi connectivity index (χ1v) is 5.37. The van der Waals surface area contributed by atoms with E-state index < -0.39 is 17.8 Å². The van der Waals surface area contributed by atoms with E-state index in [4.69, 9.17) is 10.4 Å². The number of amides is 2. The molecule has 0 bridgehead atoms. The number of nitrogens with zero attached hydrogens (tertiary/aromatic N) is 2. The molecule has 1 aromatic carbocycles. The second-order valence-electron chi connectivity index (χ2n) is 3.80. The lowest BCUT2D eigenvalue weighted by molar-refractivity contribution is -0.137. The summed E-state index contributed by atoms with van der Waals surface area (Å²) in [5, 5.41) is 19.4. The molecular weight excluding hydrogens is 253 g/mol. The van der Waals surface area contributed by atoms with E-state index in [1.165, 1.54) is 19.2 Å². The van der Waals surface area contributed by atoms with Crippen LogP contribution in [0.5, 0.6) is 0 Å². The van der Waals surface area contributed by atoms with Gasteiger partial charge in [-0.05, 0) is 18.2 Å². The zero-order chi connectivity index (χ0) is 14.4. The maximum absolute atomic E-state index is 13.5. The molecule has 0 aromatic heterocycles. The van der Waals surface area contributed by atoms with Gasteiger partial charge >= 0.3 is 12.0 Å². The monoisotopic (exact) mass is 265 g/mol. The Morgan fingerprint density at radius 1 is 1.53 bits per heavy atom. The number of rotatable bonds is 4. The summed E-state index contributed by atoms with van der Waals surface area (Å²) in [5.41, 5.74) is 0.0842. The van der Waals surface area contributed by atoms with Crippen molar-refractivity contribution >= 4 is 17.7 Å². The molecule has 0 aliphatic rings. The third-order valence-corrected chi connectivity index (χ3v) is 2.35. The van der Waals surface area contributed by atoms with Gasteiger partial charge in [0.2, 0.25) is 0 Å². The topological polar surface area (TPSA) is 93.4 Å². The lowest BCUT2D eigenvalue weighted by atomic mass is 10.2. The highest BCUT2D eigenvalue weighted by Gasteiger charge is 2.12. The Kier molecular flexibility index (Phi) is 4.83. The Morgan fingerprint density at radius 2 is 2.21 bits per heavy atom. The van der Waals surface area contributed by atoms with Crippen LogP contribution in [-0.2, 0) is 4.79 Å².